The molecule has 9 nitrogen and oxygen atoms in total. The van der Waals surface area contributed by atoms with Crippen LogP contribution in [0.4, 0.5) is 10.6 Å². The summed E-state index contributed by atoms with van der Waals surface area (Å²) in [6, 6.07) is 16.1. The molecule has 0 radical (unpaired) electrons. The number of carbonyl (C=O) groups is 2. The summed E-state index contributed by atoms with van der Waals surface area (Å²) in [5.41, 5.74) is 11.4. The Bertz CT molecular complexity index is 1480. The van der Waals surface area contributed by atoms with Crippen molar-refractivity contribution in [3.63, 3.8) is 0 Å². The van der Waals surface area contributed by atoms with Gasteiger partial charge in [-0.1, -0.05) is 62.9 Å². The molecule has 198 valence electrons. The van der Waals surface area contributed by atoms with Crippen molar-refractivity contribution in [1.29, 1.82) is 0 Å². The number of aromatic nitrogens is 3. The maximum atomic E-state index is 12.0. The van der Waals surface area contributed by atoms with Crippen molar-refractivity contribution in [3.8, 4) is 0 Å². The Kier molecular flexibility index (Phi) is 8.25. The fourth-order valence-electron chi connectivity index (χ4n) is 4.22. The molecule has 2 aromatic heterocycles. The van der Waals surface area contributed by atoms with Crippen molar-refractivity contribution >= 4 is 39.8 Å². The summed E-state index contributed by atoms with van der Waals surface area (Å²) in [5, 5.41) is 6.37. The first-order valence-electron chi connectivity index (χ1n) is 12.7. The molecule has 2 heterocycles. The number of nitrogens with zero attached hydrogens (tertiary/aromatic N) is 3. The van der Waals surface area contributed by atoms with Crippen LogP contribution < -0.4 is 16.4 Å². The van der Waals surface area contributed by atoms with Crippen molar-refractivity contribution in [2.24, 2.45) is 0 Å². The molecule has 9 heteroatoms. The largest absolute Gasteiger partial charge is 0.448 e. The molecule has 0 aliphatic heterocycles. The summed E-state index contributed by atoms with van der Waals surface area (Å²) >= 11 is 0. The Labute approximate surface area is 222 Å². The molecule has 0 aliphatic carbocycles. The third-order valence-corrected chi connectivity index (χ3v) is 6.50. The van der Waals surface area contributed by atoms with Crippen LogP contribution in [0, 0.1) is 0 Å². The number of alkyl carbamates (subject to hydrolysis) is 1. The fourth-order valence-corrected chi connectivity index (χ4v) is 4.22. The zero-order valence-electron chi connectivity index (χ0n) is 22.1. The molecule has 1 unspecified atom stereocenters. The number of amides is 2. The van der Waals surface area contributed by atoms with Crippen molar-refractivity contribution < 1.29 is 14.3 Å². The van der Waals surface area contributed by atoms with E-state index in [0.29, 0.717) is 24.5 Å². The molecule has 4 aromatic rings. The lowest BCUT2D eigenvalue weighted by Crippen LogP contribution is -2.31. The highest BCUT2D eigenvalue weighted by Crippen LogP contribution is 2.32. The molecule has 1 atom stereocenters. The van der Waals surface area contributed by atoms with E-state index in [2.05, 4.69) is 58.8 Å². The second kappa shape index (κ2) is 11.8. The van der Waals surface area contributed by atoms with Crippen LogP contribution in [-0.2, 0) is 22.6 Å². The van der Waals surface area contributed by atoms with E-state index in [-0.39, 0.29) is 25.0 Å². The number of para-hydroxylation sites is 1. The van der Waals surface area contributed by atoms with Gasteiger partial charge in [-0.25, -0.2) is 14.8 Å². The van der Waals surface area contributed by atoms with Crippen molar-refractivity contribution in [2.45, 2.75) is 46.2 Å². The Hall–Kier alpha value is -4.40. The minimum Gasteiger partial charge on any atom is -0.448 e. The first-order chi connectivity index (χ1) is 18.3. The maximum absolute atomic E-state index is 12.0. The van der Waals surface area contributed by atoms with Crippen LogP contribution >= 0.6 is 0 Å². The number of nitrogens with two attached hydrogens (primary N) is 1. The van der Waals surface area contributed by atoms with Crippen LogP contribution in [0.3, 0.4) is 0 Å². The average molecular weight is 515 g/mol. The summed E-state index contributed by atoms with van der Waals surface area (Å²) in [4.78, 5) is 32.9. The quantitative estimate of drug-likeness (QED) is 0.209. The predicted octanol–water partition coefficient (Wildman–Crippen LogP) is 4.65. The molecule has 0 aliphatic rings. The molecule has 4 N–H and O–H groups in total. The van der Waals surface area contributed by atoms with E-state index in [1.807, 2.05) is 30.3 Å². The summed E-state index contributed by atoms with van der Waals surface area (Å²) in [6.07, 6.45) is 0.412. The number of fused-ring (bicyclic) bond motifs is 3. The van der Waals surface area contributed by atoms with Crippen LogP contribution in [0.2, 0.25) is 0 Å². The molecular formula is C29H34N6O3. The molecule has 4 rings (SSSR count). The topological polar surface area (TPSA) is 124 Å². The maximum Gasteiger partial charge on any atom is 0.407 e. The van der Waals surface area contributed by atoms with Crippen LogP contribution in [0.1, 0.15) is 50.1 Å². The second-order valence-corrected chi connectivity index (χ2v) is 9.42. The number of nitrogen functional groups attached to an aromatic ring is 1. The Morgan fingerprint density at radius 3 is 2.50 bits per heavy atom. The van der Waals surface area contributed by atoms with E-state index < -0.39 is 6.09 Å². The molecule has 0 saturated heterocycles. The number of rotatable bonds is 10. The standard InChI is InChI=1S/C29H34N6O3/c1-5-19(4)27-34-24-25(22-8-6-7-9-23(22)33-26(24)30)35(27)17-21-12-10-20(11-13-21)16-32-29(37)38-15-14-31-28(36)18(2)3/h6-13,19H,2,5,14-17H2,1,3-4H3,(H2,30,33)(H,31,36)(H,32,37). The Morgan fingerprint density at radius 1 is 1.08 bits per heavy atom. The van der Waals surface area contributed by atoms with Crippen LogP contribution in [0.5, 0.6) is 0 Å². The number of benzene rings is 2. The number of hydrogen-bond donors (Lipinski definition) is 3. The molecule has 0 bridgehead atoms. The van der Waals surface area contributed by atoms with Gasteiger partial charge >= 0.3 is 6.09 Å². The van der Waals surface area contributed by atoms with Gasteiger partial charge in [-0.3, -0.25) is 4.79 Å². The average Bonchev–Trinajstić information content (AvgIpc) is 3.30. The predicted molar refractivity (Wildman–Crippen MR) is 150 cm³/mol. The molecule has 2 aromatic carbocycles. The zero-order chi connectivity index (χ0) is 27.2. The van der Waals surface area contributed by atoms with Gasteiger partial charge in [0, 0.05) is 30.0 Å². The number of carbonyl (C=O) groups excluding carboxylic acids is 2. The van der Waals surface area contributed by atoms with Gasteiger partial charge in [0.05, 0.1) is 17.6 Å². The number of anilines is 1. The normalized spacial score (nSPS) is 11.9. The lowest BCUT2D eigenvalue weighted by atomic mass is 10.1. The first kappa shape index (κ1) is 26.7. The van der Waals surface area contributed by atoms with Gasteiger partial charge in [-0.2, -0.15) is 0 Å². The van der Waals surface area contributed by atoms with Gasteiger partial charge < -0.3 is 25.7 Å². The van der Waals surface area contributed by atoms with Gasteiger partial charge in [0.15, 0.2) is 5.82 Å². The van der Waals surface area contributed by atoms with E-state index in [4.69, 9.17) is 15.5 Å². The summed E-state index contributed by atoms with van der Waals surface area (Å²) in [5.74, 6) is 1.42. The van der Waals surface area contributed by atoms with Gasteiger partial charge in [0.2, 0.25) is 5.91 Å². The fraction of sp³-hybridized carbons (Fsp3) is 0.310. The third kappa shape index (κ3) is 5.94. The lowest BCUT2D eigenvalue weighted by Gasteiger charge is -2.15. The smallest absolute Gasteiger partial charge is 0.407 e. The van der Waals surface area contributed by atoms with Crippen molar-refractivity contribution in [3.05, 3.63) is 77.6 Å². The molecule has 38 heavy (non-hydrogen) atoms. The van der Waals surface area contributed by atoms with E-state index in [9.17, 15) is 9.59 Å². The molecular weight excluding hydrogens is 480 g/mol. The molecule has 2 amide bonds. The van der Waals surface area contributed by atoms with Gasteiger partial charge in [-0.05, 0) is 30.5 Å². The minimum atomic E-state index is -0.542. The van der Waals surface area contributed by atoms with Crippen LogP contribution in [0.15, 0.2) is 60.7 Å². The van der Waals surface area contributed by atoms with Gasteiger partial charge in [0.1, 0.15) is 17.9 Å². The van der Waals surface area contributed by atoms with E-state index in [1.54, 1.807) is 6.92 Å². The lowest BCUT2D eigenvalue weighted by molar-refractivity contribution is -0.117. The van der Waals surface area contributed by atoms with E-state index in [1.165, 1.54) is 0 Å². The van der Waals surface area contributed by atoms with Crippen LogP contribution in [-0.4, -0.2) is 39.7 Å². The number of pyridine rings is 1. The SMILES string of the molecule is C=C(C)C(=O)NCCOC(=O)NCc1ccc(Cn2c(C(C)CC)nc3c(N)nc4ccccc4c32)cc1. The van der Waals surface area contributed by atoms with Crippen molar-refractivity contribution in [2.75, 3.05) is 18.9 Å². The third-order valence-electron chi connectivity index (χ3n) is 6.50. The summed E-state index contributed by atoms with van der Waals surface area (Å²) in [7, 11) is 0. The van der Waals surface area contributed by atoms with Crippen molar-refractivity contribution in [1.82, 2.24) is 25.2 Å². The first-order valence-corrected chi connectivity index (χ1v) is 12.7. The Balaban J connectivity index is 1.46. The molecule has 0 saturated carbocycles. The summed E-state index contributed by atoms with van der Waals surface area (Å²) in [6.45, 7) is 10.8. The highest BCUT2D eigenvalue weighted by Gasteiger charge is 2.20. The highest BCUT2D eigenvalue weighted by atomic mass is 16.5. The number of nitrogens with one attached hydrogen (secondary N) is 2. The van der Waals surface area contributed by atoms with E-state index in [0.717, 1.165) is 45.3 Å². The summed E-state index contributed by atoms with van der Waals surface area (Å²) < 4.78 is 7.35. The van der Waals surface area contributed by atoms with Crippen LogP contribution in [0.25, 0.3) is 21.9 Å². The highest BCUT2D eigenvalue weighted by molar-refractivity contribution is 6.06. The van der Waals surface area contributed by atoms with Gasteiger partial charge in [-0.15, -0.1) is 0 Å². The molecule has 0 spiro atoms. The van der Waals surface area contributed by atoms with Gasteiger partial charge in [0.25, 0.3) is 0 Å². The number of hydrogen-bond acceptors (Lipinski definition) is 6. The monoisotopic (exact) mass is 514 g/mol. The number of ether oxygens (including phenoxy) is 1. The second-order valence-electron chi connectivity index (χ2n) is 9.42. The molecule has 0 fully saturated rings. The Morgan fingerprint density at radius 2 is 1.79 bits per heavy atom. The zero-order valence-corrected chi connectivity index (χ0v) is 22.1. The van der Waals surface area contributed by atoms with E-state index >= 15 is 0 Å². The number of imidazole rings is 1. The minimum absolute atomic E-state index is 0.0793.